The average molecular weight is 273 g/mol. The number of hydrogen-bond acceptors (Lipinski definition) is 4. The van der Waals surface area contributed by atoms with E-state index in [0.29, 0.717) is 0 Å². The molecule has 1 unspecified atom stereocenters. The van der Waals surface area contributed by atoms with Crippen molar-refractivity contribution in [2.24, 2.45) is 11.7 Å². The minimum atomic E-state index is -1.40. The lowest BCUT2D eigenvalue weighted by atomic mass is 10.0. The second kappa shape index (κ2) is 7.34. The normalized spacial score (nSPS) is 13.5. The van der Waals surface area contributed by atoms with E-state index in [1.807, 2.05) is 0 Å². The highest BCUT2D eigenvalue weighted by atomic mass is 16.4. The van der Waals surface area contributed by atoms with Crippen LogP contribution in [0.5, 0.6) is 0 Å². The molecule has 0 fully saturated rings. The zero-order valence-corrected chi connectivity index (χ0v) is 11.1. The highest BCUT2D eigenvalue weighted by Gasteiger charge is 2.28. The van der Waals surface area contributed by atoms with Crippen molar-refractivity contribution in [2.45, 2.75) is 39.3 Å². The number of carbonyl (C=O) groups is 4. The average Bonchev–Trinajstić information content (AvgIpc) is 2.23. The summed E-state index contributed by atoms with van der Waals surface area (Å²) in [6.45, 7) is 4.65. The summed E-state index contributed by atoms with van der Waals surface area (Å²) in [4.78, 5) is 44.4. The second-order valence-corrected chi connectivity index (χ2v) is 4.49. The van der Waals surface area contributed by atoms with Crippen molar-refractivity contribution in [3.8, 4) is 0 Å². The number of primary amides is 1. The Labute approximate surface area is 110 Å². The number of aliphatic carboxylic acids is 1. The van der Waals surface area contributed by atoms with E-state index in [4.69, 9.17) is 10.8 Å². The molecule has 0 rings (SSSR count). The quantitative estimate of drug-likeness (QED) is 0.451. The standard InChI is InChI=1S/C11H19N3O5/c1-5(2)9(13-6(3)15)10(17)14-7(11(18)19)4-8(12)16/h5,7,9H,4H2,1-3H3,(H2,12,16)(H,13,15)(H,14,17)(H,18,19)/t7-,9?/m1/s1. The molecule has 108 valence electrons. The van der Waals surface area contributed by atoms with Gasteiger partial charge in [-0.15, -0.1) is 0 Å². The van der Waals surface area contributed by atoms with Gasteiger partial charge in [-0.3, -0.25) is 14.4 Å². The number of nitrogens with two attached hydrogens (primary N) is 1. The largest absolute Gasteiger partial charge is 0.480 e. The Morgan fingerprint density at radius 3 is 2.00 bits per heavy atom. The number of rotatable bonds is 7. The minimum absolute atomic E-state index is 0.230. The van der Waals surface area contributed by atoms with Crippen molar-refractivity contribution < 1.29 is 24.3 Å². The van der Waals surface area contributed by atoms with Gasteiger partial charge in [-0.2, -0.15) is 0 Å². The summed E-state index contributed by atoms with van der Waals surface area (Å²) in [5.41, 5.74) is 4.90. The molecule has 0 heterocycles. The smallest absolute Gasteiger partial charge is 0.326 e. The molecule has 0 aliphatic carbocycles. The molecule has 0 spiro atoms. The van der Waals surface area contributed by atoms with Gasteiger partial charge in [0.15, 0.2) is 0 Å². The van der Waals surface area contributed by atoms with Crippen molar-refractivity contribution in [2.75, 3.05) is 0 Å². The Bertz CT molecular complexity index is 381. The highest BCUT2D eigenvalue weighted by Crippen LogP contribution is 2.03. The molecular formula is C11H19N3O5. The van der Waals surface area contributed by atoms with E-state index in [1.54, 1.807) is 13.8 Å². The van der Waals surface area contributed by atoms with Gasteiger partial charge < -0.3 is 21.5 Å². The van der Waals surface area contributed by atoms with Gasteiger partial charge in [-0.25, -0.2) is 4.79 Å². The maximum atomic E-state index is 11.9. The van der Waals surface area contributed by atoms with E-state index >= 15 is 0 Å². The van der Waals surface area contributed by atoms with E-state index in [1.165, 1.54) is 6.92 Å². The third kappa shape index (κ3) is 6.39. The van der Waals surface area contributed by atoms with Crippen molar-refractivity contribution in [1.82, 2.24) is 10.6 Å². The molecule has 0 saturated carbocycles. The van der Waals surface area contributed by atoms with Gasteiger partial charge in [-0.1, -0.05) is 13.8 Å². The molecule has 3 amide bonds. The van der Waals surface area contributed by atoms with Crippen LogP contribution < -0.4 is 16.4 Å². The summed E-state index contributed by atoms with van der Waals surface area (Å²) in [5, 5.41) is 13.5. The molecule has 0 aromatic carbocycles. The summed E-state index contributed by atoms with van der Waals surface area (Å²) in [6, 6.07) is -2.27. The summed E-state index contributed by atoms with van der Waals surface area (Å²) in [6.07, 6.45) is -0.508. The van der Waals surface area contributed by atoms with Gasteiger partial charge in [0.2, 0.25) is 17.7 Å². The van der Waals surface area contributed by atoms with E-state index in [9.17, 15) is 19.2 Å². The molecule has 0 aliphatic heterocycles. The fraction of sp³-hybridized carbons (Fsp3) is 0.636. The van der Waals surface area contributed by atoms with Crippen LogP contribution in [-0.4, -0.2) is 40.9 Å². The number of hydrogen-bond donors (Lipinski definition) is 4. The van der Waals surface area contributed by atoms with Crippen LogP contribution in [0.4, 0.5) is 0 Å². The van der Waals surface area contributed by atoms with E-state index in [0.717, 1.165) is 0 Å². The topological polar surface area (TPSA) is 139 Å². The molecule has 0 aliphatic rings. The van der Waals surface area contributed by atoms with Crippen molar-refractivity contribution in [3.05, 3.63) is 0 Å². The van der Waals surface area contributed by atoms with Crippen LogP contribution in [0.3, 0.4) is 0 Å². The number of carbonyl (C=O) groups excluding carboxylic acids is 3. The predicted molar refractivity (Wildman–Crippen MR) is 65.8 cm³/mol. The molecule has 0 saturated heterocycles. The predicted octanol–water partition coefficient (Wildman–Crippen LogP) is -1.41. The molecule has 19 heavy (non-hydrogen) atoms. The van der Waals surface area contributed by atoms with Gasteiger partial charge >= 0.3 is 5.97 Å². The second-order valence-electron chi connectivity index (χ2n) is 4.49. The van der Waals surface area contributed by atoms with Gasteiger partial charge in [0, 0.05) is 6.92 Å². The van der Waals surface area contributed by atoms with E-state index in [-0.39, 0.29) is 5.92 Å². The van der Waals surface area contributed by atoms with Gasteiger partial charge in [0.25, 0.3) is 0 Å². The molecule has 8 heteroatoms. The highest BCUT2D eigenvalue weighted by molar-refractivity contribution is 5.92. The zero-order chi connectivity index (χ0) is 15.2. The molecule has 2 atom stereocenters. The fourth-order valence-corrected chi connectivity index (χ4v) is 1.42. The first-order valence-corrected chi connectivity index (χ1v) is 5.73. The van der Waals surface area contributed by atoms with Crippen molar-refractivity contribution in [3.63, 3.8) is 0 Å². The van der Waals surface area contributed by atoms with Crippen LogP contribution in [0, 0.1) is 5.92 Å². The zero-order valence-electron chi connectivity index (χ0n) is 11.1. The lowest BCUT2D eigenvalue weighted by molar-refractivity contribution is -0.144. The molecule has 0 radical (unpaired) electrons. The third-order valence-corrected chi connectivity index (χ3v) is 2.33. The summed E-state index contributed by atoms with van der Waals surface area (Å²) in [5.74, 6) is -3.51. The lowest BCUT2D eigenvalue weighted by Gasteiger charge is -2.23. The third-order valence-electron chi connectivity index (χ3n) is 2.33. The van der Waals surface area contributed by atoms with Crippen LogP contribution in [0.15, 0.2) is 0 Å². The minimum Gasteiger partial charge on any atom is -0.480 e. The Morgan fingerprint density at radius 1 is 1.16 bits per heavy atom. The first-order chi connectivity index (χ1) is 8.65. The molecule has 5 N–H and O–H groups in total. The summed E-state index contributed by atoms with van der Waals surface area (Å²) in [7, 11) is 0. The number of carboxylic acids is 1. The maximum absolute atomic E-state index is 11.9. The van der Waals surface area contributed by atoms with Crippen molar-refractivity contribution in [1.29, 1.82) is 0 Å². The molecule has 0 aromatic heterocycles. The fourth-order valence-electron chi connectivity index (χ4n) is 1.42. The molecule has 0 aromatic rings. The van der Waals surface area contributed by atoms with Crippen LogP contribution in [-0.2, 0) is 19.2 Å². The first kappa shape index (κ1) is 16.9. The van der Waals surface area contributed by atoms with E-state index < -0.39 is 42.2 Å². The molecule has 8 nitrogen and oxygen atoms in total. The SMILES string of the molecule is CC(=O)NC(C(=O)N[C@H](CC(N)=O)C(=O)O)C(C)C. The van der Waals surface area contributed by atoms with Gasteiger partial charge in [0.1, 0.15) is 12.1 Å². The van der Waals surface area contributed by atoms with E-state index in [2.05, 4.69) is 10.6 Å². The number of carboxylic acid groups (broad SMARTS) is 1. The first-order valence-electron chi connectivity index (χ1n) is 5.73. The van der Waals surface area contributed by atoms with Crippen LogP contribution in [0.25, 0.3) is 0 Å². The van der Waals surface area contributed by atoms with Crippen LogP contribution in [0.2, 0.25) is 0 Å². The number of nitrogens with one attached hydrogen (secondary N) is 2. The molecule has 0 bridgehead atoms. The van der Waals surface area contributed by atoms with Crippen LogP contribution >= 0.6 is 0 Å². The Kier molecular flexibility index (Phi) is 6.53. The number of amides is 3. The maximum Gasteiger partial charge on any atom is 0.326 e. The van der Waals surface area contributed by atoms with Gasteiger partial charge in [-0.05, 0) is 5.92 Å². The molecular weight excluding hydrogens is 254 g/mol. The Morgan fingerprint density at radius 2 is 1.68 bits per heavy atom. The summed E-state index contributed by atoms with van der Waals surface area (Å²) >= 11 is 0. The lowest BCUT2D eigenvalue weighted by Crippen LogP contribution is -2.54. The Balaban J connectivity index is 4.80. The van der Waals surface area contributed by atoms with Crippen LogP contribution in [0.1, 0.15) is 27.2 Å². The van der Waals surface area contributed by atoms with Gasteiger partial charge in [0.05, 0.1) is 6.42 Å². The monoisotopic (exact) mass is 273 g/mol. The van der Waals surface area contributed by atoms with Crippen molar-refractivity contribution >= 4 is 23.7 Å². The summed E-state index contributed by atoms with van der Waals surface area (Å²) < 4.78 is 0. The Hall–Kier alpha value is -2.12.